The maximum Gasteiger partial charge on any atom is 0.417 e. The van der Waals surface area contributed by atoms with Crippen LogP contribution in [0.2, 0.25) is 0 Å². The highest BCUT2D eigenvalue weighted by molar-refractivity contribution is 5.91. The van der Waals surface area contributed by atoms with Gasteiger partial charge in [0.25, 0.3) is 5.56 Å². The zero-order valence-electron chi connectivity index (χ0n) is 16.9. The van der Waals surface area contributed by atoms with Crippen molar-refractivity contribution in [3.63, 3.8) is 0 Å². The maximum atomic E-state index is 13.1. The summed E-state index contributed by atoms with van der Waals surface area (Å²) < 4.78 is 40.1. The highest BCUT2D eigenvalue weighted by Crippen LogP contribution is 2.33. The predicted octanol–water partition coefficient (Wildman–Crippen LogP) is 4.38. The molecular formula is C22H21F3N4O2. The fraction of sp³-hybridized carbons (Fsp3) is 0.364. The minimum Gasteiger partial charge on any atom is -0.394 e. The monoisotopic (exact) mass is 430 g/mol. The summed E-state index contributed by atoms with van der Waals surface area (Å²) in [4.78, 5) is 26.2. The molecule has 0 fully saturated rings. The van der Waals surface area contributed by atoms with Crippen molar-refractivity contribution in [2.75, 3.05) is 6.61 Å². The predicted molar refractivity (Wildman–Crippen MR) is 110 cm³/mol. The van der Waals surface area contributed by atoms with Crippen LogP contribution in [0.15, 0.2) is 41.6 Å². The van der Waals surface area contributed by atoms with Crippen LogP contribution in [0, 0.1) is 0 Å². The van der Waals surface area contributed by atoms with Gasteiger partial charge in [-0.2, -0.15) is 13.2 Å². The van der Waals surface area contributed by atoms with E-state index in [2.05, 4.69) is 21.0 Å². The van der Waals surface area contributed by atoms with Crippen molar-refractivity contribution in [1.29, 1.82) is 0 Å². The van der Waals surface area contributed by atoms with Gasteiger partial charge in [0.2, 0.25) is 0 Å². The van der Waals surface area contributed by atoms with E-state index in [9.17, 15) is 23.1 Å². The van der Waals surface area contributed by atoms with Crippen LogP contribution in [0.25, 0.3) is 27.9 Å². The number of aliphatic hydroxyl groups excluding tert-OH is 1. The summed E-state index contributed by atoms with van der Waals surface area (Å²) in [5.74, 6) is 0. The van der Waals surface area contributed by atoms with Gasteiger partial charge in [-0.15, -0.1) is 0 Å². The molecule has 0 radical (unpaired) electrons. The molecule has 0 aliphatic heterocycles. The van der Waals surface area contributed by atoms with Crippen molar-refractivity contribution in [1.82, 2.24) is 19.5 Å². The van der Waals surface area contributed by atoms with E-state index in [4.69, 9.17) is 0 Å². The van der Waals surface area contributed by atoms with Crippen LogP contribution in [0.5, 0.6) is 0 Å². The van der Waals surface area contributed by atoms with Gasteiger partial charge >= 0.3 is 6.18 Å². The molecule has 0 saturated carbocycles. The van der Waals surface area contributed by atoms with E-state index >= 15 is 0 Å². The number of rotatable bonds is 4. The summed E-state index contributed by atoms with van der Waals surface area (Å²) in [6, 6.07) is 3.24. The molecule has 1 unspecified atom stereocenters. The summed E-state index contributed by atoms with van der Waals surface area (Å²) >= 11 is 0. The molecule has 0 bridgehead atoms. The Morgan fingerprint density at radius 1 is 1.19 bits per heavy atom. The van der Waals surface area contributed by atoms with Crippen LogP contribution in [0.4, 0.5) is 13.2 Å². The molecule has 3 aromatic heterocycles. The van der Waals surface area contributed by atoms with Gasteiger partial charge in [-0.1, -0.05) is 6.08 Å². The first-order valence-electron chi connectivity index (χ1n) is 10.1. The standard InChI is InChI=1S/C22H21F3N4O2/c1-13(11-30)29-12-27-20-16(21(29)31)9-18(28-19(20)14-5-3-2-4-6-14)17-8-7-15(10-26-17)22(23,24)25/h5,7-10,12-13,30H,2-4,6,11H2,1H3. The third-order valence-electron chi connectivity index (χ3n) is 5.46. The van der Waals surface area contributed by atoms with Gasteiger partial charge in [-0.25, -0.2) is 9.97 Å². The molecule has 1 atom stereocenters. The van der Waals surface area contributed by atoms with Crippen molar-refractivity contribution in [2.24, 2.45) is 0 Å². The molecule has 1 aliphatic rings. The van der Waals surface area contributed by atoms with Crippen LogP contribution < -0.4 is 5.56 Å². The van der Waals surface area contributed by atoms with E-state index in [-0.39, 0.29) is 23.2 Å². The van der Waals surface area contributed by atoms with Crippen molar-refractivity contribution in [3.8, 4) is 11.4 Å². The molecule has 3 aromatic rings. The second-order valence-electron chi connectivity index (χ2n) is 7.65. The molecule has 31 heavy (non-hydrogen) atoms. The minimum atomic E-state index is -4.49. The summed E-state index contributed by atoms with van der Waals surface area (Å²) in [6.07, 6.45) is 3.46. The topological polar surface area (TPSA) is 80.9 Å². The Balaban J connectivity index is 1.94. The van der Waals surface area contributed by atoms with Crippen LogP contribution in [0.3, 0.4) is 0 Å². The molecule has 3 heterocycles. The Morgan fingerprint density at radius 2 is 2.00 bits per heavy atom. The molecule has 1 N–H and O–H groups in total. The van der Waals surface area contributed by atoms with Gasteiger partial charge in [0.15, 0.2) is 0 Å². The zero-order chi connectivity index (χ0) is 22.2. The smallest absolute Gasteiger partial charge is 0.394 e. The Bertz CT molecular complexity index is 1200. The van der Waals surface area contributed by atoms with Gasteiger partial charge in [-0.3, -0.25) is 14.3 Å². The van der Waals surface area contributed by atoms with Gasteiger partial charge in [0.1, 0.15) is 5.52 Å². The number of nitrogens with zero attached hydrogens (tertiary/aromatic N) is 4. The molecule has 6 nitrogen and oxygen atoms in total. The number of aliphatic hydroxyl groups is 1. The van der Waals surface area contributed by atoms with Crippen molar-refractivity contribution in [2.45, 2.75) is 44.8 Å². The van der Waals surface area contributed by atoms with E-state index in [1.807, 2.05) is 0 Å². The van der Waals surface area contributed by atoms with E-state index in [0.717, 1.165) is 43.5 Å². The van der Waals surface area contributed by atoms with Crippen molar-refractivity contribution >= 4 is 16.5 Å². The Hall–Kier alpha value is -3.07. The van der Waals surface area contributed by atoms with E-state index in [1.54, 1.807) is 6.92 Å². The quantitative estimate of drug-likeness (QED) is 0.664. The molecule has 0 spiro atoms. The number of hydrogen-bond donors (Lipinski definition) is 1. The highest BCUT2D eigenvalue weighted by Gasteiger charge is 2.30. The second-order valence-corrected chi connectivity index (χ2v) is 7.65. The largest absolute Gasteiger partial charge is 0.417 e. The number of allylic oxidation sites excluding steroid dienone is 2. The number of aromatic nitrogens is 4. The Kier molecular flexibility index (Phi) is 5.62. The van der Waals surface area contributed by atoms with E-state index in [0.29, 0.717) is 16.9 Å². The summed E-state index contributed by atoms with van der Waals surface area (Å²) in [6.45, 7) is 1.46. The molecule has 162 valence electrons. The Labute approximate surface area is 176 Å². The van der Waals surface area contributed by atoms with E-state index in [1.165, 1.54) is 23.0 Å². The molecule has 0 amide bonds. The highest BCUT2D eigenvalue weighted by atomic mass is 19.4. The Morgan fingerprint density at radius 3 is 2.61 bits per heavy atom. The first-order chi connectivity index (χ1) is 14.8. The third-order valence-corrected chi connectivity index (χ3v) is 5.46. The van der Waals surface area contributed by atoms with Gasteiger partial charge in [0, 0.05) is 6.20 Å². The first kappa shape index (κ1) is 21.2. The lowest BCUT2D eigenvalue weighted by Gasteiger charge is -2.17. The molecular weight excluding hydrogens is 409 g/mol. The van der Waals surface area contributed by atoms with Crippen LogP contribution in [-0.4, -0.2) is 31.2 Å². The summed E-state index contributed by atoms with van der Waals surface area (Å²) in [5.41, 5.74) is 1.29. The third kappa shape index (κ3) is 4.10. The normalized spacial score (nSPS) is 15.7. The van der Waals surface area contributed by atoms with Gasteiger partial charge < -0.3 is 5.11 Å². The van der Waals surface area contributed by atoms with Crippen LogP contribution in [0.1, 0.15) is 49.9 Å². The lowest BCUT2D eigenvalue weighted by Crippen LogP contribution is -2.26. The van der Waals surface area contributed by atoms with Crippen molar-refractivity contribution < 1.29 is 18.3 Å². The molecule has 0 saturated heterocycles. The van der Waals surface area contributed by atoms with Crippen molar-refractivity contribution in [3.05, 3.63) is 58.4 Å². The van der Waals surface area contributed by atoms with Crippen LogP contribution in [-0.2, 0) is 6.18 Å². The second kappa shape index (κ2) is 8.22. The minimum absolute atomic E-state index is 0.233. The van der Waals surface area contributed by atoms with E-state index < -0.39 is 17.8 Å². The lowest BCUT2D eigenvalue weighted by molar-refractivity contribution is -0.137. The number of hydrogen-bond acceptors (Lipinski definition) is 5. The number of halogens is 3. The number of alkyl halides is 3. The number of fused-ring (bicyclic) bond motifs is 1. The summed E-state index contributed by atoms with van der Waals surface area (Å²) in [7, 11) is 0. The lowest BCUT2D eigenvalue weighted by atomic mass is 9.95. The average molecular weight is 430 g/mol. The summed E-state index contributed by atoms with van der Waals surface area (Å²) in [5, 5.41) is 9.74. The molecule has 0 aromatic carbocycles. The zero-order valence-corrected chi connectivity index (χ0v) is 16.9. The number of pyridine rings is 2. The molecule has 1 aliphatic carbocycles. The SMILES string of the molecule is CC(CO)n1cnc2c(C3=CCCCC3)nc(-c3ccc(C(F)(F)F)cn3)cc2c1=O. The molecule has 4 rings (SSSR count). The fourth-order valence-electron chi connectivity index (χ4n) is 3.67. The average Bonchev–Trinajstić information content (AvgIpc) is 2.78. The maximum absolute atomic E-state index is 13.1. The first-order valence-corrected chi connectivity index (χ1v) is 10.1. The van der Waals surface area contributed by atoms with Gasteiger partial charge in [-0.05, 0) is 56.4 Å². The fourth-order valence-corrected chi connectivity index (χ4v) is 3.67. The van der Waals surface area contributed by atoms with Crippen LogP contribution >= 0.6 is 0 Å². The molecule has 9 heteroatoms. The van der Waals surface area contributed by atoms with Gasteiger partial charge in [0.05, 0.1) is 47.0 Å².